The molecule has 7 rings (SSSR count). The van der Waals surface area contributed by atoms with E-state index in [-0.39, 0.29) is 0 Å². The largest absolute Gasteiger partial charge is 0.354 e. The first kappa shape index (κ1) is 17.1. The first-order valence-electron chi connectivity index (χ1n) is 10.5. The third-order valence-corrected chi connectivity index (χ3v) is 9.74. The molecule has 1 aromatic heterocycles. The van der Waals surface area contributed by atoms with E-state index in [0.717, 1.165) is 43.5 Å². The van der Waals surface area contributed by atoms with Crippen LogP contribution in [0.5, 0.6) is 0 Å². The highest BCUT2D eigenvalue weighted by molar-refractivity contribution is 7.86. The van der Waals surface area contributed by atoms with Crippen molar-refractivity contribution in [1.29, 1.82) is 0 Å². The van der Waals surface area contributed by atoms with E-state index in [0.29, 0.717) is 0 Å². The number of hydrogen-bond acceptors (Lipinski definition) is 1. The second kappa shape index (κ2) is 5.97. The fraction of sp³-hybridized carbons (Fsp3) is 0. The lowest BCUT2D eigenvalue weighted by Crippen LogP contribution is -2.20. The summed E-state index contributed by atoms with van der Waals surface area (Å²) in [5, 5.41) is 7.55. The molecule has 0 saturated heterocycles. The summed E-state index contributed by atoms with van der Waals surface area (Å²) in [7, 11) is -2.93. The van der Waals surface area contributed by atoms with Crippen LogP contribution in [0.1, 0.15) is 0 Å². The standard InChI is InChI=1S/C28H18NOP/c30-31(19-9-2-1-3-10-19)26-13-7-6-12-21(26)22-16-25-23(17-27(22)31)28-20-11-5-4-8-18(20)14-15-24(28)29-25/h1-17,29H. The summed E-state index contributed by atoms with van der Waals surface area (Å²) in [6, 6.07) is 35.3. The number of fused-ring (bicyclic) bond motifs is 8. The fourth-order valence-electron chi connectivity index (χ4n) is 5.21. The van der Waals surface area contributed by atoms with Crippen LogP contribution in [0, 0.1) is 0 Å². The number of hydrogen-bond donors (Lipinski definition) is 1. The molecule has 3 heteroatoms. The van der Waals surface area contributed by atoms with E-state index in [1.807, 2.05) is 48.5 Å². The van der Waals surface area contributed by atoms with Crippen LogP contribution in [-0.2, 0) is 4.57 Å². The zero-order valence-electron chi connectivity index (χ0n) is 16.7. The molecule has 0 radical (unpaired) electrons. The minimum atomic E-state index is -2.93. The number of nitrogens with one attached hydrogen (secondary N) is 1. The average molecular weight is 415 g/mol. The van der Waals surface area contributed by atoms with Crippen molar-refractivity contribution in [3.05, 3.63) is 103 Å². The molecule has 146 valence electrons. The highest BCUT2D eigenvalue weighted by Crippen LogP contribution is 2.53. The Kier molecular flexibility index (Phi) is 3.29. The predicted molar refractivity (Wildman–Crippen MR) is 132 cm³/mol. The van der Waals surface area contributed by atoms with E-state index < -0.39 is 7.14 Å². The Labute approximate surface area is 179 Å². The third kappa shape index (κ3) is 2.15. The Morgan fingerprint density at radius 1 is 0.581 bits per heavy atom. The zero-order chi connectivity index (χ0) is 20.6. The van der Waals surface area contributed by atoms with Crippen LogP contribution in [0.15, 0.2) is 103 Å². The Hall–Kier alpha value is -3.61. The van der Waals surface area contributed by atoms with Gasteiger partial charge in [-0.25, -0.2) is 0 Å². The molecule has 0 fully saturated rings. The van der Waals surface area contributed by atoms with Crippen molar-refractivity contribution in [1.82, 2.24) is 4.98 Å². The van der Waals surface area contributed by atoms with E-state index in [4.69, 9.17) is 0 Å². The van der Waals surface area contributed by atoms with Crippen LogP contribution in [0.3, 0.4) is 0 Å². The summed E-state index contributed by atoms with van der Waals surface area (Å²) >= 11 is 0. The molecule has 1 atom stereocenters. The van der Waals surface area contributed by atoms with Gasteiger partial charge in [-0.1, -0.05) is 84.9 Å². The molecule has 31 heavy (non-hydrogen) atoms. The Bertz CT molecular complexity index is 1710. The lowest BCUT2D eigenvalue weighted by molar-refractivity contribution is 0.593. The van der Waals surface area contributed by atoms with Crippen LogP contribution in [-0.4, -0.2) is 4.98 Å². The van der Waals surface area contributed by atoms with Gasteiger partial charge in [0, 0.05) is 37.7 Å². The molecule has 0 aliphatic carbocycles. The summed E-state index contributed by atoms with van der Waals surface area (Å²) in [4.78, 5) is 3.61. The molecule has 2 nitrogen and oxygen atoms in total. The van der Waals surface area contributed by atoms with Crippen LogP contribution < -0.4 is 15.9 Å². The first-order valence-corrected chi connectivity index (χ1v) is 12.2. The highest BCUT2D eigenvalue weighted by atomic mass is 31.2. The predicted octanol–water partition coefficient (Wildman–Crippen LogP) is 6.09. The van der Waals surface area contributed by atoms with Crippen molar-refractivity contribution in [3.8, 4) is 11.1 Å². The Morgan fingerprint density at radius 3 is 2.26 bits per heavy atom. The number of aromatic amines is 1. The molecule has 0 saturated carbocycles. The van der Waals surface area contributed by atoms with E-state index in [1.165, 1.54) is 16.2 Å². The van der Waals surface area contributed by atoms with Gasteiger partial charge in [-0.2, -0.15) is 0 Å². The zero-order valence-corrected chi connectivity index (χ0v) is 17.6. The highest BCUT2D eigenvalue weighted by Gasteiger charge is 2.40. The van der Waals surface area contributed by atoms with E-state index in [1.54, 1.807) is 0 Å². The average Bonchev–Trinajstić information content (AvgIpc) is 3.32. The maximum absolute atomic E-state index is 14.8. The topological polar surface area (TPSA) is 32.9 Å². The van der Waals surface area contributed by atoms with Gasteiger partial charge in [0.1, 0.15) is 0 Å². The molecular formula is C28H18NOP. The summed E-state index contributed by atoms with van der Waals surface area (Å²) in [6.07, 6.45) is 0. The quantitative estimate of drug-likeness (QED) is 0.323. The Morgan fingerprint density at radius 2 is 1.35 bits per heavy atom. The van der Waals surface area contributed by atoms with Gasteiger partial charge < -0.3 is 9.55 Å². The lowest BCUT2D eigenvalue weighted by Gasteiger charge is -2.15. The van der Waals surface area contributed by atoms with Crippen LogP contribution in [0.25, 0.3) is 43.7 Å². The smallest absolute Gasteiger partial charge is 0.172 e. The molecular weight excluding hydrogens is 397 g/mol. The van der Waals surface area contributed by atoms with E-state index in [9.17, 15) is 4.57 Å². The van der Waals surface area contributed by atoms with Gasteiger partial charge in [-0.15, -0.1) is 0 Å². The molecule has 1 N–H and O–H groups in total. The van der Waals surface area contributed by atoms with Crippen molar-refractivity contribution < 1.29 is 4.57 Å². The van der Waals surface area contributed by atoms with Crippen molar-refractivity contribution >= 4 is 55.6 Å². The van der Waals surface area contributed by atoms with Crippen molar-refractivity contribution in [2.45, 2.75) is 0 Å². The molecule has 0 bridgehead atoms. The van der Waals surface area contributed by atoms with Crippen molar-refractivity contribution in [3.63, 3.8) is 0 Å². The molecule has 1 unspecified atom stereocenters. The van der Waals surface area contributed by atoms with Gasteiger partial charge in [0.15, 0.2) is 7.14 Å². The first-order chi connectivity index (χ1) is 15.2. The van der Waals surface area contributed by atoms with Crippen LogP contribution in [0.2, 0.25) is 0 Å². The van der Waals surface area contributed by atoms with Crippen molar-refractivity contribution in [2.24, 2.45) is 0 Å². The Balaban J connectivity index is 1.66. The van der Waals surface area contributed by atoms with Gasteiger partial charge in [0.2, 0.25) is 0 Å². The van der Waals surface area contributed by atoms with Crippen LogP contribution >= 0.6 is 7.14 Å². The maximum Gasteiger partial charge on any atom is 0.172 e. The molecule has 0 amide bonds. The minimum Gasteiger partial charge on any atom is -0.354 e. The van der Waals surface area contributed by atoms with E-state index in [2.05, 4.69) is 59.6 Å². The number of H-pyrrole nitrogens is 1. The lowest BCUT2D eigenvalue weighted by atomic mass is 10.0. The van der Waals surface area contributed by atoms with Gasteiger partial charge >= 0.3 is 0 Å². The van der Waals surface area contributed by atoms with Gasteiger partial charge in [-0.05, 0) is 40.1 Å². The second-order valence-corrected chi connectivity index (χ2v) is 10.9. The molecule has 5 aromatic carbocycles. The fourth-order valence-corrected chi connectivity index (χ4v) is 8.28. The number of aromatic nitrogens is 1. The summed E-state index contributed by atoms with van der Waals surface area (Å²) < 4.78 is 14.8. The SMILES string of the molecule is O=P1(c2ccccc2)c2ccccc2-c2cc3[nH]c4ccc5ccccc5c4c3cc21. The summed E-state index contributed by atoms with van der Waals surface area (Å²) in [5.41, 5.74) is 4.35. The molecule has 1 aliphatic rings. The van der Waals surface area contributed by atoms with Crippen molar-refractivity contribution in [2.75, 3.05) is 0 Å². The molecule has 2 heterocycles. The molecule has 1 aliphatic heterocycles. The number of rotatable bonds is 1. The summed E-state index contributed by atoms with van der Waals surface area (Å²) in [6.45, 7) is 0. The normalized spacial score (nSPS) is 17.3. The second-order valence-electron chi connectivity index (χ2n) is 8.21. The third-order valence-electron chi connectivity index (χ3n) is 6.60. The van der Waals surface area contributed by atoms with Gasteiger partial charge in [-0.3, -0.25) is 0 Å². The van der Waals surface area contributed by atoms with E-state index >= 15 is 0 Å². The van der Waals surface area contributed by atoms with Gasteiger partial charge in [0.25, 0.3) is 0 Å². The monoisotopic (exact) mass is 415 g/mol. The molecule has 6 aromatic rings. The van der Waals surface area contributed by atoms with Gasteiger partial charge in [0.05, 0.1) is 0 Å². The number of benzene rings is 5. The molecule has 0 spiro atoms. The maximum atomic E-state index is 14.8. The van der Waals surface area contributed by atoms with Crippen LogP contribution in [0.4, 0.5) is 0 Å². The summed E-state index contributed by atoms with van der Waals surface area (Å²) in [5.74, 6) is 0. The minimum absolute atomic E-state index is 0.894.